The molecule has 0 aromatic heterocycles. The van der Waals surface area contributed by atoms with Crippen LogP contribution in [0.5, 0.6) is 0 Å². The van der Waals surface area contributed by atoms with Crippen LogP contribution in [0.3, 0.4) is 0 Å². The van der Waals surface area contributed by atoms with Gasteiger partial charge in [-0.2, -0.15) is 0 Å². The number of carbonyl (C=O) groups excluding carboxylic acids is 1. The maximum atomic E-state index is 12.1. The Balaban J connectivity index is 2.24. The monoisotopic (exact) mass is 256 g/mol. The number of rotatable bonds is 1. The van der Waals surface area contributed by atoms with Gasteiger partial charge in [-0.3, -0.25) is 4.79 Å². The maximum absolute atomic E-state index is 12.1. The molecule has 1 amide bonds. The first-order valence-electron chi connectivity index (χ1n) is 5.20. The van der Waals surface area contributed by atoms with E-state index in [0.29, 0.717) is 10.6 Å². The summed E-state index contributed by atoms with van der Waals surface area (Å²) in [6.45, 7) is 0.206. The van der Waals surface area contributed by atoms with E-state index < -0.39 is 12.2 Å². The molecular weight excluding hydrogens is 244 g/mol. The summed E-state index contributed by atoms with van der Waals surface area (Å²) in [5.74, 6) is -0.333. The van der Waals surface area contributed by atoms with Crippen LogP contribution in [-0.2, 0) is 0 Å². The Labute approximate surface area is 103 Å². The van der Waals surface area contributed by atoms with E-state index in [0.717, 1.165) is 0 Å². The quantitative estimate of drug-likeness (QED) is 0.622. The van der Waals surface area contributed by atoms with Gasteiger partial charge in [-0.15, -0.1) is 0 Å². The van der Waals surface area contributed by atoms with Crippen LogP contribution in [0, 0.1) is 0 Å². The SMILES string of the molecule is Nc1c(Cl)cccc1C(=O)N1CC(O)C(O)C1. The molecule has 2 unspecified atom stereocenters. The minimum absolute atomic E-state index is 0.103. The van der Waals surface area contributed by atoms with Crippen molar-refractivity contribution in [1.29, 1.82) is 0 Å². The Morgan fingerprint density at radius 3 is 2.53 bits per heavy atom. The van der Waals surface area contributed by atoms with Crippen molar-refractivity contribution in [2.75, 3.05) is 18.8 Å². The number of aliphatic hydroxyl groups excluding tert-OH is 2. The number of halogens is 1. The molecule has 0 saturated carbocycles. The molecule has 0 aliphatic carbocycles. The summed E-state index contributed by atoms with van der Waals surface area (Å²) in [5.41, 5.74) is 6.22. The Hall–Kier alpha value is -1.30. The first-order valence-corrected chi connectivity index (χ1v) is 5.58. The highest BCUT2D eigenvalue weighted by molar-refractivity contribution is 6.33. The first kappa shape index (κ1) is 12.2. The topological polar surface area (TPSA) is 86.8 Å². The van der Waals surface area contributed by atoms with Gasteiger partial charge in [-0.25, -0.2) is 0 Å². The van der Waals surface area contributed by atoms with E-state index in [1.807, 2.05) is 0 Å². The molecule has 1 aliphatic rings. The zero-order valence-electron chi connectivity index (χ0n) is 9.01. The third-order valence-electron chi connectivity index (χ3n) is 2.83. The van der Waals surface area contributed by atoms with E-state index >= 15 is 0 Å². The van der Waals surface area contributed by atoms with Crippen molar-refractivity contribution >= 4 is 23.2 Å². The molecule has 92 valence electrons. The lowest BCUT2D eigenvalue weighted by molar-refractivity contribution is 0.0572. The number of nitrogens with zero attached hydrogens (tertiary/aromatic N) is 1. The number of hydrogen-bond acceptors (Lipinski definition) is 4. The molecule has 5 nitrogen and oxygen atoms in total. The first-order chi connectivity index (χ1) is 8.00. The minimum Gasteiger partial charge on any atom is -0.397 e. The van der Waals surface area contributed by atoms with E-state index in [2.05, 4.69) is 0 Å². The molecule has 1 aliphatic heterocycles. The molecule has 17 heavy (non-hydrogen) atoms. The minimum atomic E-state index is -0.903. The lowest BCUT2D eigenvalue weighted by Crippen LogP contribution is -2.30. The van der Waals surface area contributed by atoms with Crippen LogP contribution in [0.25, 0.3) is 0 Å². The average Bonchev–Trinajstić information content (AvgIpc) is 2.62. The Morgan fingerprint density at radius 2 is 1.94 bits per heavy atom. The van der Waals surface area contributed by atoms with Gasteiger partial charge in [0.05, 0.1) is 28.5 Å². The lowest BCUT2D eigenvalue weighted by atomic mass is 10.1. The Bertz CT molecular complexity index is 442. The van der Waals surface area contributed by atoms with Gasteiger partial charge in [0.15, 0.2) is 0 Å². The largest absolute Gasteiger partial charge is 0.397 e. The second-order valence-electron chi connectivity index (χ2n) is 4.05. The number of nitrogen functional groups attached to an aromatic ring is 1. The van der Waals surface area contributed by atoms with Gasteiger partial charge < -0.3 is 20.8 Å². The summed E-state index contributed by atoms with van der Waals surface area (Å²) >= 11 is 5.83. The van der Waals surface area contributed by atoms with E-state index in [1.165, 1.54) is 4.90 Å². The van der Waals surface area contributed by atoms with Crippen LogP contribution in [0.15, 0.2) is 18.2 Å². The average molecular weight is 257 g/mol. The number of hydrogen-bond donors (Lipinski definition) is 3. The molecule has 0 bridgehead atoms. The van der Waals surface area contributed by atoms with Crippen LogP contribution < -0.4 is 5.73 Å². The number of amides is 1. The molecule has 1 aromatic carbocycles. The highest BCUT2D eigenvalue weighted by Crippen LogP contribution is 2.24. The summed E-state index contributed by atoms with van der Waals surface area (Å²) in [5, 5.41) is 19.1. The molecule has 1 fully saturated rings. The van der Waals surface area contributed by atoms with Crippen molar-refractivity contribution in [3.8, 4) is 0 Å². The van der Waals surface area contributed by atoms with Gasteiger partial charge >= 0.3 is 0 Å². The molecule has 6 heteroatoms. The second kappa shape index (κ2) is 4.52. The van der Waals surface area contributed by atoms with Crippen LogP contribution in [0.1, 0.15) is 10.4 Å². The Kier molecular flexibility index (Phi) is 3.24. The zero-order valence-corrected chi connectivity index (χ0v) is 9.76. The van der Waals surface area contributed by atoms with Gasteiger partial charge in [0, 0.05) is 13.1 Å². The Morgan fingerprint density at radius 1 is 1.35 bits per heavy atom. The number of β-amino-alcohol motifs (C(OH)–C–C–N with tert-alkyl or cyclic N) is 2. The van der Waals surface area contributed by atoms with Crippen LogP contribution >= 0.6 is 11.6 Å². The van der Waals surface area contributed by atoms with Crippen molar-refractivity contribution < 1.29 is 15.0 Å². The van der Waals surface area contributed by atoms with Crippen LogP contribution in [0.4, 0.5) is 5.69 Å². The van der Waals surface area contributed by atoms with E-state index in [1.54, 1.807) is 18.2 Å². The van der Waals surface area contributed by atoms with Crippen LogP contribution in [-0.4, -0.2) is 46.3 Å². The summed E-state index contributed by atoms with van der Waals surface area (Å²) in [7, 11) is 0. The summed E-state index contributed by atoms with van der Waals surface area (Å²) in [6, 6.07) is 4.80. The molecule has 0 spiro atoms. The van der Waals surface area contributed by atoms with Crippen LogP contribution in [0.2, 0.25) is 5.02 Å². The second-order valence-corrected chi connectivity index (χ2v) is 4.45. The predicted molar refractivity (Wildman–Crippen MR) is 63.8 cm³/mol. The number of nitrogens with two attached hydrogens (primary N) is 1. The van der Waals surface area contributed by atoms with E-state index in [-0.39, 0.29) is 24.7 Å². The third-order valence-corrected chi connectivity index (χ3v) is 3.16. The summed E-state index contributed by atoms with van der Waals surface area (Å²) in [6.07, 6.45) is -1.81. The number of likely N-dealkylation sites (tertiary alicyclic amines) is 1. The number of carbonyl (C=O) groups is 1. The van der Waals surface area contributed by atoms with Gasteiger partial charge in [0.25, 0.3) is 5.91 Å². The normalized spacial score (nSPS) is 24.1. The van der Waals surface area contributed by atoms with Crippen molar-refractivity contribution in [3.05, 3.63) is 28.8 Å². The van der Waals surface area contributed by atoms with E-state index in [9.17, 15) is 15.0 Å². The number of benzene rings is 1. The number of para-hydroxylation sites is 1. The zero-order chi connectivity index (χ0) is 12.6. The smallest absolute Gasteiger partial charge is 0.256 e. The molecule has 1 saturated heterocycles. The molecule has 0 radical (unpaired) electrons. The fraction of sp³-hybridized carbons (Fsp3) is 0.364. The maximum Gasteiger partial charge on any atom is 0.256 e. The van der Waals surface area contributed by atoms with Crippen molar-refractivity contribution in [2.24, 2.45) is 0 Å². The van der Waals surface area contributed by atoms with Crippen molar-refractivity contribution in [2.45, 2.75) is 12.2 Å². The van der Waals surface area contributed by atoms with Gasteiger partial charge in [0.1, 0.15) is 0 Å². The van der Waals surface area contributed by atoms with Gasteiger partial charge in [-0.05, 0) is 12.1 Å². The third kappa shape index (κ3) is 2.22. The molecule has 2 rings (SSSR count). The predicted octanol–water partition coefficient (Wildman–Crippen LogP) is 0.0998. The molecular formula is C11H13ClN2O3. The number of anilines is 1. The lowest BCUT2D eigenvalue weighted by Gasteiger charge is -2.16. The highest BCUT2D eigenvalue weighted by Gasteiger charge is 2.33. The molecule has 4 N–H and O–H groups in total. The van der Waals surface area contributed by atoms with E-state index in [4.69, 9.17) is 17.3 Å². The standard InChI is InChI=1S/C11H13ClN2O3/c12-7-3-1-2-6(10(7)13)11(17)14-4-8(15)9(16)5-14/h1-3,8-9,15-16H,4-5,13H2. The highest BCUT2D eigenvalue weighted by atomic mass is 35.5. The fourth-order valence-electron chi connectivity index (χ4n) is 1.83. The molecule has 2 atom stereocenters. The van der Waals surface area contributed by atoms with Gasteiger partial charge in [-0.1, -0.05) is 17.7 Å². The molecule has 1 heterocycles. The van der Waals surface area contributed by atoms with Crippen molar-refractivity contribution in [1.82, 2.24) is 4.90 Å². The summed E-state index contributed by atoms with van der Waals surface area (Å²) < 4.78 is 0. The van der Waals surface area contributed by atoms with Gasteiger partial charge in [0.2, 0.25) is 0 Å². The van der Waals surface area contributed by atoms with Crippen molar-refractivity contribution in [3.63, 3.8) is 0 Å². The summed E-state index contributed by atoms with van der Waals surface area (Å²) in [4.78, 5) is 13.4. The number of aliphatic hydroxyl groups is 2. The molecule has 1 aromatic rings. The fourth-order valence-corrected chi connectivity index (χ4v) is 2.00.